The number of hydrogen-bond donors (Lipinski definition) is 1. The monoisotopic (exact) mass is 245 g/mol. The Balaban J connectivity index is 1.77. The molecule has 0 fully saturated rings. The first-order valence-corrected chi connectivity index (χ1v) is 6.92. The maximum Gasteiger partial charge on any atom is 0.0958 e. The Bertz CT molecular complexity index is 475. The summed E-state index contributed by atoms with van der Waals surface area (Å²) in [6.07, 6.45) is 4.34. The van der Waals surface area contributed by atoms with E-state index in [0.717, 1.165) is 37.5 Å². The van der Waals surface area contributed by atoms with Crippen molar-refractivity contribution in [3.63, 3.8) is 0 Å². The number of imidazole rings is 1. The van der Waals surface area contributed by atoms with Crippen LogP contribution in [0.1, 0.15) is 26.7 Å². The molecule has 1 heterocycles. The summed E-state index contributed by atoms with van der Waals surface area (Å²) in [5.74, 6) is 0.777. The molecule has 1 aromatic heterocycles. The fourth-order valence-electron chi connectivity index (χ4n) is 2.06. The molecule has 0 aliphatic heterocycles. The molecule has 0 saturated heterocycles. The number of para-hydroxylation sites is 2. The summed E-state index contributed by atoms with van der Waals surface area (Å²) in [6, 6.07) is 8.30. The molecule has 1 unspecified atom stereocenters. The maximum absolute atomic E-state index is 4.40. The van der Waals surface area contributed by atoms with Crippen molar-refractivity contribution in [1.82, 2.24) is 14.9 Å². The maximum atomic E-state index is 4.40. The molecule has 0 amide bonds. The van der Waals surface area contributed by atoms with Crippen LogP contribution in [-0.2, 0) is 6.54 Å². The van der Waals surface area contributed by atoms with Gasteiger partial charge in [0.2, 0.25) is 0 Å². The van der Waals surface area contributed by atoms with Crippen molar-refractivity contribution >= 4 is 11.0 Å². The van der Waals surface area contributed by atoms with Crippen molar-refractivity contribution in [2.24, 2.45) is 5.92 Å². The highest BCUT2D eigenvalue weighted by molar-refractivity contribution is 5.74. The zero-order valence-corrected chi connectivity index (χ0v) is 11.4. The normalized spacial score (nSPS) is 13.0. The zero-order chi connectivity index (χ0) is 12.8. The van der Waals surface area contributed by atoms with E-state index in [1.165, 1.54) is 11.9 Å². The number of aromatic nitrogens is 2. The predicted octanol–water partition coefficient (Wildman–Crippen LogP) is 3.06. The van der Waals surface area contributed by atoms with Crippen LogP contribution in [0.2, 0.25) is 0 Å². The highest BCUT2D eigenvalue weighted by Gasteiger charge is 2.01. The van der Waals surface area contributed by atoms with Crippen molar-refractivity contribution < 1.29 is 0 Å². The van der Waals surface area contributed by atoms with Gasteiger partial charge in [0.15, 0.2) is 0 Å². The van der Waals surface area contributed by atoms with Gasteiger partial charge in [-0.15, -0.1) is 0 Å². The first-order valence-electron chi connectivity index (χ1n) is 6.92. The Morgan fingerprint density at radius 3 is 3.00 bits per heavy atom. The van der Waals surface area contributed by atoms with Crippen molar-refractivity contribution in [1.29, 1.82) is 0 Å². The van der Waals surface area contributed by atoms with Crippen LogP contribution in [0.4, 0.5) is 0 Å². The van der Waals surface area contributed by atoms with Crippen LogP contribution in [0.5, 0.6) is 0 Å². The van der Waals surface area contributed by atoms with Crippen LogP contribution in [0.25, 0.3) is 11.0 Å². The highest BCUT2D eigenvalue weighted by Crippen LogP contribution is 2.11. The van der Waals surface area contributed by atoms with Gasteiger partial charge in [0, 0.05) is 6.54 Å². The molecule has 18 heavy (non-hydrogen) atoms. The minimum atomic E-state index is 0.777. The number of hydrogen-bond acceptors (Lipinski definition) is 2. The molecule has 1 aromatic carbocycles. The summed E-state index contributed by atoms with van der Waals surface area (Å²) in [4.78, 5) is 4.40. The van der Waals surface area contributed by atoms with E-state index in [0.29, 0.717) is 0 Å². The van der Waals surface area contributed by atoms with Crippen molar-refractivity contribution in [3.8, 4) is 0 Å². The summed E-state index contributed by atoms with van der Waals surface area (Å²) in [5, 5.41) is 3.51. The van der Waals surface area contributed by atoms with Gasteiger partial charge in [-0.2, -0.15) is 0 Å². The van der Waals surface area contributed by atoms with E-state index in [1.807, 2.05) is 12.4 Å². The number of nitrogens with zero attached hydrogens (tertiary/aromatic N) is 2. The van der Waals surface area contributed by atoms with Gasteiger partial charge in [0.05, 0.1) is 17.4 Å². The lowest BCUT2D eigenvalue weighted by Gasteiger charge is -2.10. The van der Waals surface area contributed by atoms with Gasteiger partial charge in [-0.05, 0) is 37.6 Å². The molecule has 3 nitrogen and oxygen atoms in total. The summed E-state index contributed by atoms with van der Waals surface area (Å²) in [7, 11) is 0. The van der Waals surface area contributed by atoms with Crippen molar-refractivity contribution in [2.45, 2.75) is 33.2 Å². The lowest BCUT2D eigenvalue weighted by molar-refractivity contribution is 0.486. The SMILES string of the molecule is CCC(C)CNCCCn1cnc2ccccc21. The van der Waals surface area contributed by atoms with Gasteiger partial charge >= 0.3 is 0 Å². The molecular formula is C15H23N3. The third-order valence-corrected chi connectivity index (χ3v) is 3.47. The van der Waals surface area contributed by atoms with E-state index >= 15 is 0 Å². The smallest absolute Gasteiger partial charge is 0.0958 e. The number of rotatable bonds is 7. The van der Waals surface area contributed by atoms with Crippen LogP contribution in [0.15, 0.2) is 30.6 Å². The molecule has 0 aliphatic rings. The average molecular weight is 245 g/mol. The average Bonchev–Trinajstić information content (AvgIpc) is 2.81. The van der Waals surface area contributed by atoms with E-state index in [1.54, 1.807) is 0 Å². The van der Waals surface area contributed by atoms with E-state index in [4.69, 9.17) is 0 Å². The lowest BCUT2D eigenvalue weighted by atomic mass is 10.1. The standard InChI is InChI=1S/C15H23N3/c1-3-13(2)11-16-9-6-10-18-12-17-14-7-4-5-8-15(14)18/h4-5,7-8,12-13,16H,3,6,9-11H2,1-2H3. The van der Waals surface area contributed by atoms with Crippen LogP contribution < -0.4 is 5.32 Å². The van der Waals surface area contributed by atoms with Gasteiger partial charge in [0.25, 0.3) is 0 Å². The number of aryl methyl sites for hydroxylation is 1. The largest absolute Gasteiger partial charge is 0.331 e. The van der Waals surface area contributed by atoms with Crippen LogP contribution in [0.3, 0.4) is 0 Å². The Morgan fingerprint density at radius 2 is 2.17 bits per heavy atom. The predicted molar refractivity (Wildman–Crippen MR) is 76.7 cm³/mol. The molecule has 1 N–H and O–H groups in total. The number of nitrogens with one attached hydrogen (secondary N) is 1. The van der Waals surface area contributed by atoms with Crippen LogP contribution in [0, 0.1) is 5.92 Å². The molecule has 0 aliphatic carbocycles. The first kappa shape index (κ1) is 13.1. The van der Waals surface area contributed by atoms with Gasteiger partial charge in [-0.25, -0.2) is 4.98 Å². The molecular weight excluding hydrogens is 222 g/mol. The molecule has 2 aromatic rings. The van der Waals surface area contributed by atoms with E-state index in [-0.39, 0.29) is 0 Å². The minimum absolute atomic E-state index is 0.777. The molecule has 0 bridgehead atoms. The number of fused-ring (bicyclic) bond motifs is 1. The fourth-order valence-corrected chi connectivity index (χ4v) is 2.06. The second-order valence-corrected chi connectivity index (χ2v) is 5.00. The van der Waals surface area contributed by atoms with E-state index in [9.17, 15) is 0 Å². The number of benzene rings is 1. The molecule has 3 heteroatoms. The van der Waals surface area contributed by atoms with Gasteiger partial charge in [0.1, 0.15) is 0 Å². The molecule has 0 spiro atoms. The molecule has 98 valence electrons. The van der Waals surface area contributed by atoms with Crippen LogP contribution in [-0.4, -0.2) is 22.6 Å². The molecule has 0 saturated carbocycles. The van der Waals surface area contributed by atoms with Crippen molar-refractivity contribution in [3.05, 3.63) is 30.6 Å². The van der Waals surface area contributed by atoms with Crippen LogP contribution >= 0.6 is 0 Å². The third-order valence-electron chi connectivity index (χ3n) is 3.47. The van der Waals surface area contributed by atoms with Gasteiger partial charge in [-0.3, -0.25) is 0 Å². The summed E-state index contributed by atoms with van der Waals surface area (Å²) >= 11 is 0. The summed E-state index contributed by atoms with van der Waals surface area (Å²) in [5.41, 5.74) is 2.32. The summed E-state index contributed by atoms with van der Waals surface area (Å²) in [6.45, 7) is 7.77. The Kier molecular flexibility index (Phi) is 4.76. The second-order valence-electron chi connectivity index (χ2n) is 5.00. The fraction of sp³-hybridized carbons (Fsp3) is 0.533. The van der Waals surface area contributed by atoms with E-state index in [2.05, 4.69) is 46.9 Å². The Morgan fingerprint density at radius 1 is 1.33 bits per heavy atom. The highest BCUT2D eigenvalue weighted by atomic mass is 15.0. The van der Waals surface area contributed by atoms with Gasteiger partial charge in [-0.1, -0.05) is 32.4 Å². The van der Waals surface area contributed by atoms with Crippen molar-refractivity contribution in [2.75, 3.05) is 13.1 Å². The molecule has 1 atom stereocenters. The minimum Gasteiger partial charge on any atom is -0.331 e. The van der Waals surface area contributed by atoms with Gasteiger partial charge < -0.3 is 9.88 Å². The topological polar surface area (TPSA) is 29.9 Å². The Hall–Kier alpha value is -1.35. The Labute approximate surface area is 109 Å². The third kappa shape index (κ3) is 3.33. The quantitative estimate of drug-likeness (QED) is 0.760. The second kappa shape index (κ2) is 6.55. The van der Waals surface area contributed by atoms with E-state index < -0.39 is 0 Å². The lowest BCUT2D eigenvalue weighted by Crippen LogP contribution is -2.22. The molecule has 0 radical (unpaired) electrons. The zero-order valence-electron chi connectivity index (χ0n) is 11.4. The summed E-state index contributed by atoms with van der Waals surface area (Å²) < 4.78 is 2.24. The first-order chi connectivity index (χ1) is 8.81. The molecule has 2 rings (SSSR count).